The van der Waals surface area contributed by atoms with E-state index in [9.17, 15) is 14.9 Å². The van der Waals surface area contributed by atoms with Gasteiger partial charge in [-0.2, -0.15) is 0 Å². The molecule has 1 aliphatic heterocycles. The van der Waals surface area contributed by atoms with Crippen LogP contribution in [0.4, 0.5) is 11.4 Å². The van der Waals surface area contributed by atoms with Gasteiger partial charge in [0.1, 0.15) is 5.69 Å². The highest BCUT2D eigenvalue weighted by Gasteiger charge is 2.27. The molecule has 3 rings (SSSR count). The van der Waals surface area contributed by atoms with E-state index >= 15 is 0 Å². The normalized spacial score (nSPS) is 15.2. The zero-order chi connectivity index (χ0) is 18.0. The summed E-state index contributed by atoms with van der Waals surface area (Å²) < 4.78 is 0. The van der Waals surface area contributed by atoms with Crippen LogP contribution in [0.3, 0.4) is 0 Å². The van der Waals surface area contributed by atoms with Crippen LogP contribution in [-0.2, 0) is 0 Å². The van der Waals surface area contributed by atoms with E-state index in [4.69, 9.17) is 11.6 Å². The molecule has 6 nitrogen and oxygen atoms in total. The summed E-state index contributed by atoms with van der Waals surface area (Å²) in [6, 6.07) is 11.7. The minimum atomic E-state index is -0.485. The monoisotopic (exact) mass is 360 g/mol. The Bertz CT molecular complexity index is 817. The highest BCUT2D eigenvalue weighted by Crippen LogP contribution is 2.18. The number of carbonyl (C=O) groups is 1. The van der Waals surface area contributed by atoms with Crippen molar-refractivity contribution in [3.05, 3.63) is 68.7 Å². The van der Waals surface area contributed by atoms with E-state index in [0.29, 0.717) is 23.7 Å². The summed E-state index contributed by atoms with van der Waals surface area (Å²) in [5, 5.41) is 11.6. The van der Waals surface area contributed by atoms with Crippen LogP contribution in [0.15, 0.2) is 42.5 Å². The SMILES string of the molecule is Cc1ccc(Cl)cc1[NH+]1CCN(C(=O)c2cccc([N+](=O)[O-])c2)CC1. The number of nitrogens with one attached hydrogen (secondary N) is 1. The summed E-state index contributed by atoms with van der Waals surface area (Å²) in [6.45, 7) is 4.81. The van der Waals surface area contributed by atoms with Gasteiger partial charge in [-0.1, -0.05) is 23.7 Å². The lowest BCUT2D eigenvalue weighted by molar-refractivity contribution is -0.837. The molecule has 0 radical (unpaired) electrons. The molecule has 1 fully saturated rings. The second-order valence-corrected chi connectivity index (χ2v) is 6.60. The highest BCUT2D eigenvalue weighted by molar-refractivity contribution is 6.30. The van der Waals surface area contributed by atoms with Crippen molar-refractivity contribution in [1.29, 1.82) is 0 Å². The highest BCUT2D eigenvalue weighted by atomic mass is 35.5. The maximum atomic E-state index is 12.6. The third kappa shape index (κ3) is 3.81. The fraction of sp³-hybridized carbons (Fsp3) is 0.278. The first-order valence-electron chi connectivity index (χ1n) is 8.10. The molecule has 0 saturated carbocycles. The molecule has 2 aromatic carbocycles. The average Bonchev–Trinajstić information content (AvgIpc) is 2.63. The fourth-order valence-corrected chi connectivity index (χ4v) is 3.33. The molecule has 2 aromatic rings. The van der Waals surface area contributed by atoms with Crippen LogP contribution < -0.4 is 4.90 Å². The number of non-ortho nitro benzene ring substituents is 1. The third-order valence-corrected chi connectivity index (χ3v) is 4.77. The lowest BCUT2D eigenvalue weighted by Crippen LogP contribution is -3.10. The van der Waals surface area contributed by atoms with Gasteiger partial charge in [-0.05, 0) is 19.1 Å². The largest absolute Gasteiger partial charge is 0.327 e. The molecule has 25 heavy (non-hydrogen) atoms. The first kappa shape index (κ1) is 17.4. The van der Waals surface area contributed by atoms with E-state index in [1.54, 1.807) is 17.0 Å². The number of carbonyl (C=O) groups excluding carboxylic acids is 1. The minimum absolute atomic E-state index is 0.0651. The number of quaternary nitrogens is 1. The van der Waals surface area contributed by atoms with Crippen molar-refractivity contribution in [2.45, 2.75) is 6.92 Å². The van der Waals surface area contributed by atoms with Crippen LogP contribution in [0, 0.1) is 17.0 Å². The smallest absolute Gasteiger partial charge is 0.270 e. The molecule has 0 aromatic heterocycles. The molecule has 1 amide bonds. The number of benzene rings is 2. The minimum Gasteiger partial charge on any atom is -0.327 e. The molecule has 0 spiro atoms. The van der Waals surface area contributed by atoms with Crippen molar-refractivity contribution in [3.8, 4) is 0 Å². The summed E-state index contributed by atoms with van der Waals surface area (Å²) in [5.74, 6) is -0.162. The summed E-state index contributed by atoms with van der Waals surface area (Å²) in [7, 11) is 0. The fourth-order valence-electron chi connectivity index (χ4n) is 3.16. The number of rotatable bonds is 3. The molecule has 130 valence electrons. The summed E-state index contributed by atoms with van der Waals surface area (Å²) in [4.78, 5) is 26.1. The molecule has 1 heterocycles. The van der Waals surface area contributed by atoms with Gasteiger partial charge in [-0.15, -0.1) is 0 Å². The number of nitro groups is 1. The second kappa shape index (κ2) is 7.21. The van der Waals surface area contributed by atoms with Crippen molar-refractivity contribution >= 4 is 28.9 Å². The maximum absolute atomic E-state index is 12.6. The Hall–Kier alpha value is -2.44. The number of piperazine rings is 1. The van der Waals surface area contributed by atoms with Gasteiger partial charge in [0.25, 0.3) is 11.6 Å². The van der Waals surface area contributed by atoms with Crippen LogP contribution in [0.5, 0.6) is 0 Å². The second-order valence-electron chi connectivity index (χ2n) is 6.16. The molecule has 0 atom stereocenters. The Morgan fingerprint density at radius 2 is 1.92 bits per heavy atom. The number of halogens is 1. The summed E-state index contributed by atoms with van der Waals surface area (Å²) in [6.07, 6.45) is 0. The molecule has 1 N–H and O–H groups in total. The van der Waals surface area contributed by atoms with Crippen molar-refractivity contribution in [3.63, 3.8) is 0 Å². The predicted octanol–water partition coefficient (Wildman–Crippen LogP) is 2.23. The number of hydrogen-bond acceptors (Lipinski definition) is 3. The van der Waals surface area contributed by atoms with Crippen molar-refractivity contribution in [1.82, 2.24) is 4.90 Å². The van der Waals surface area contributed by atoms with Crippen LogP contribution in [-0.4, -0.2) is 41.9 Å². The Morgan fingerprint density at radius 1 is 1.20 bits per heavy atom. The van der Waals surface area contributed by atoms with E-state index in [2.05, 4.69) is 6.92 Å². The predicted molar refractivity (Wildman–Crippen MR) is 95.5 cm³/mol. The number of nitrogens with zero attached hydrogens (tertiary/aromatic N) is 2. The Morgan fingerprint density at radius 3 is 2.60 bits per heavy atom. The van der Waals surface area contributed by atoms with Gasteiger partial charge in [0.2, 0.25) is 0 Å². The van der Waals surface area contributed by atoms with Crippen LogP contribution in [0.1, 0.15) is 15.9 Å². The Kier molecular flexibility index (Phi) is 5.01. The van der Waals surface area contributed by atoms with Crippen molar-refractivity contribution < 1.29 is 14.6 Å². The Labute approximate surface area is 150 Å². The van der Waals surface area contributed by atoms with Crippen LogP contribution in [0.2, 0.25) is 5.02 Å². The average molecular weight is 361 g/mol. The first-order chi connectivity index (χ1) is 12.0. The van der Waals surface area contributed by atoms with Crippen LogP contribution in [0.25, 0.3) is 0 Å². The maximum Gasteiger partial charge on any atom is 0.270 e. The topological polar surface area (TPSA) is 67.9 Å². The lowest BCUT2D eigenvalue weighted by atomic mass is 10.1. The molecule has 0 unspecified atom stereocenters. The van der Waals surface area contributed by atoms with Crippen LogP contribution >= 0.6 is 11.6 Å². The van der Waals surface area contributed by atoms with E-state index in [1.807, 2.05) is 18.2 Å². The van der Waals surface area contributed by atoms with Gasteiger partial charge in [-0.25, -0.2) is 0 Å². The molecule has 0 bridgehead atoms. The standard InChI is InChI=1S/C18H18ClN3O3/c1-13-5-6-15(19)12-17(13)20-7-9-21(10-8-20)18(23)14-3-2-4-16(11-14)22(24)25/h2-6,11-12H,7-10H2,1H3/p+1. The molecular weight excluding hydrogens is 342 g/mol. The third-order valence-electron chi connectivity index (χ3n) is 4.54. The number of aryl methyl sites for hydroxylation is 1. The van der Waals surface area contributed by atoms with Gasteiger partial charge in [0, 0.05) is 34.3 Å². The zero-order valence-electron chi connectivity index (χ0n) is 13.9. The van der Waals surface area contributed by atoms with E-state index in [1.165, 1.54) is 22.6 Å². The van der Waals surface area contributed by atoms with E-state index < -0.39 is 4.92 Å². The van der Waals surface area contributed by atoms with E-state index in [0.717, 1.165) is 18.8 Å². The number of amides is 1. The van der Waals surface area contributed by atoms with Gasteiger partial charge < -0.3 is 4.90 Å². The van der Waals surface area contributed by atoms with Crippen molar-refractivity contribution in [2.75, 3.05) is 26.2 Å². The molecule has 1 saturated heterocycles. The molecule has 0 aliphatic carbocycles. The Balaban J connectivity index is 1.70. The van der Waals surface area contributed by atoms with Gasteiger partial charge in [0.05, 0.1) is 31.1 Å². The molecule has 7 heteroatoms. The molecule has 1 aliphatic rings. The van der Waals surface area contributed by atoms with Gasteiger partial charge >= 0.3 is 0 Å². The first-order valence-corrected chi connectivity index (χ1v) is 8.48. The van der Waals surface area contributed by atoms with Gasteiger partial charge in [-0.3, -0.25) is 19.8 Å². The van der Waals surface area contributed by atoms with Gasteiger partial charge in [0.15, 0.2) is 0 Å². The van der Waals surface area contributed by atoms with Crippen molar-refractivity contribution in [2.24, 2.45) is 0 Å². The summed E-state index contributed by atoms with van der Waals surface area (Å²) in [5.41, 5.74) is 2.63. The number of nitro benzene ring substituents is 1. The van der Waals surface area contributed by atoms with E-state index in [-0.39, 0.29) is 11.6 Å². The summed E-state index contributed by atoms with van der Waals surface area (Å²) >= 11 is 6.10. The molecular formula is C18H19ClN3O3+. The number of hydrogen-bond donors (Lipinski definition) is 1. The lowest BCUT2D eigenvalue weighted by Gasteiger charge is -2.32. The quantitative estimate of drug-likeness (QED) is 0.674. The zero-order valence-corrected chi connectivity index (χ0v) is 14.6.